The van der Waals surface area contributed by atoms with Gasteiger partial charge in [-0.2, -0.15) is 0 Å². The molecule has 0 amide bonds. The Morgan fingerprint density at radius 2 is 2.07 bits per heavy atom. The van der Waals surface area contributed by atoms with Crippen LogP contribution in [-0.4, -0.2) is 11.9 Å². The number of ether oxygens (including phenoxy) is 1. The number of carbonyl (C=O) groups excluding carboxylic acids is 1. The van der Waals surface area contributed by atoms with Crippen LogP contribution in [-0.2, 0) is 11.2 Å². The summed E-state index contributed by atoms with van der Waals surface area (Å²) in [4.78, 5) is 11.1. The van der Waals surface area contributed by atoms with Crippen LogP contribution in [0.25, 0.3) is 0 Å². The summed E-state index contributed by atoms with van der Waals surface area (Å²) >= 11 is 0. The number of ketones is 1. The van der Waals surface area contributed by atoms with Crippen LogP contribution < -0.4 is 4.74 Å². The van der Waals surface area contributed by atoms with E-state index in [1.807, 2.05) is 12.1 Å². The van der Waals surface area contributed by atoms with Crippen LogP contribution in [0.4, 0.5) is 0 Å². The summed E-state index contributed by atoms with van der Waals surface area (Å²) in [5.74, 6) is 1.21. The van der Waals surface area contributed by atoms with Crippen molar-refractivity contribution in [2.24, 2.45) is 0 Å². The maximum Gasteiger partial charge on any atom is 0.136 e. The lowest BCUT2D eigenvalue weighted by Crippen LogP contribution is -2.11. The van der Waals surface area contributed by atoms with E-state index in [4.69, 9.17) is 4.74 Å². The minimum atomic E-state index is 0.102. The predicted octanol–water partition coefficient (Wildman–Crippen LogP) is 2.75. The number of benzene rings is 1. The quantitative estimate of drug-likeness (QED) is 0.756. The highest BCUT2D eigenvalue weighted by Gasteiger charge is 2.23. The van der Waals surface area contributed by atoms with Gasteiger partial charge in [0, 0.05) is 12.8 Å². The van der Waals surface area contributed by atoms with E-state index in [9.17, 15) is 4.79 Å². The average molecular weight is 204 g/mol. The Bertz CT molecular complexity index is 340. The SMILES string of the molecule is CCc1ccc(OC2CCC(=O)C2)cc1. The molecule has 1 aliphatic carbocycles. The second-order valence-corrected chi connectivity index (χ2v) is 4.02. The van der Waals surface area contributed by atoms with E-state index in [-0.39, 0.29) is 6.10 Å². The van der Waals surface area contributed by atoms with Crippen molar-refractivity contribution in [1.29, 1.82) is 0 Å². The molecule has 15 heavy (non-hydrogen) atoms. The van der Waals surface area contributed by atoms with Gasteiger partial charge in [-0.3, -0.25) is 4.79 Å². The second-order valence-electron chi connectivity index (χ2n) is 4.02. The first kappa shape index (κ1) is 10.2. The number of carbonyl (C=O) groups is 1. The van der Waals surface area contributed by atoms with Crippen LogP contribution in [0.2, 0.25) is 0 Å². The molecule has 1 atom stereocenters. The average Bonchev–Trinajstić information content (AvgIpc) is 2.65. The molecule has 80 valence electrons. The fraction of sp³-hybridized carbons (Fsp3) is 0.462. The molecule has 2 rings (SSSR count). The van der Waals surface area contributed by atoms with Gasteiger partial charge in [-0.15, -0.1) is 0 Å². The third kappa shape index (κ3) is 2.58. The number of hydrogen-bond acceptors (Lipinski definition) is 2. The number of Topliss-reactive ketones (excluding diaryl/α,β-unsaturated/α-hetero) is 1. The monoisotopic (exact) mass is 204 g/mol. The zero-order valence-electron chi connectivity index (χ0n) is 9.03. The van der Waals surface area contributed by atoms with Gasteiger partial charge in [-0.25, -0.2) is 0 Å². The molecule has 0 N–H and O–H groups in total. The van der Waals surface area contributed by atoms with Crippen molar-refractivity contribution in [2.75, 3.05) is 0 Å². The van der Waals surface area contributed by atoms with Gasteiger partial charge in [0.15, 0.2) is 0 Å². The van der Waals surface area contributed by atoms with Crippen molar-refractivity contribution in [3.8, 4) is 5.75 Å². The van der Waals surface area contributed by atoms with Crippen molar-refractivity contribution < 1.29 is 9.53 Å². The molecule has 0 saturated heterocycles. The van der Waals surface area contributed by atoms with Gasteiger partial charge in [0.25, 0.3) is 0 Å². The molecule has 1 aromatic carbocycles. The van der Waals surface area contributed by atoms with Crippen LogP contribution in [0, 0.1) is 0 Å². The molecule has 0 spiro atoms. The summed E-state index contributed by atoms with van der Waals surface area (Å²) < 4.78 is 5.72. The zero-order valence-corrected chi connectivity index (χ0v) is 9.03. The third-order valence-electron chi connectivity index (χ3n) is 2.83. The summed E-state index contributed by atoms with van der Waals surface area (Å²) in [6.07, 6.45) is 3.27. The normalized spacial score (nSPS) is 20.6. The van der Waals surface area contributed by atoms with Gasteiger partial charge < -0.3 is 4.74 Å². The smallest absolute Gasteiger partial charge is 0.136 e. The van der Waals surface area contributed by atoms with Gasteiger partial charge in [0.2, 0.25) is 0 Å². The van der Waals surface area contributed by atoms with Gasteiger partial charge in [-0.1, -0.05) is 19.1 Å². The van der Waals surface area contributed by atoms with Gasteiger partial charge in [0.1, 0.15) is 17.6 Å². The lowest BCUT2D eigenvalue weighted by Gasteiger charge is -2.12. The molecule has 1 aliphatic rings. The summed E-state index contributed by atoms with van der Waals surface area (Å²) in [7, 11) is 0. The maximum atomic E-state index is 11.1. The predicted molar refractivity (Wildman–Crippen MR) is 59.1 cm³/mol. The molecule has 1 unspecified atom stereocenters. The van der Waals surface area contributed by atoms with Gasteiger partial charge >= 0.3 is 0 Å². The zero-order chi connectivity index (χ0) is 10.7. The first-order valence-corrected chi connectivity index (χ1v) is 5.55. The van der Waals surface area contributed by atoms with Crippen molar-refractivity contribution in [3.63, 3.8) is 0 Å². The number of aryl methyl sites for hydroxylation is 1. The molecule has 2 nitrogen and oxygen atoms in total. The Morgan fingerprint density at radius 1 is 1.33 bits per heavy atom. The highest BCUT2D eigenvalue weighted by Crippen LogP contribution is 2.22. The number of rotatable bonds is 3. The van der Waals surface area contributed by atoms with E-state index in [1.54, 1.807) is 0 Å². The molecule has 1 aromatic rings. The minimum Gasteiger partial charge on any atom is -0.490 e. The van der Waals surface area contributed by atoms with E-state index >= 15 is 0 Å². The standard InChI is InChI=1S/C13H16O2/c1-2-10-3-6-12(7-4-10)15-13-8-5-11(14)9-13/h3-4,6-7,13H,2,5,8-9H2,1H3. The van der Waals surface area contributed by atoms with Crippen LogP contribution in [0.3, 0.4) is 0 Å². The Labute approximate surface area is 90.3 Å². The van der Waals surface area contributed by atoms with Crippen LogP contribution in [0.15, 0.2) is 24.3 Å². The Morgan fingerprint density at radius 3 is 2.60 bits per heavy atom. The largest absolute Gasteiger partial charge is 0.490 e. The molecule has 0 bridgehead atoms. The Balaban J connectivity index is 1.96. The molecule has 0 aromatic heterocycles. The highest BCUT2D eigenvalue weighted by molar-refractivity contribution is 5.81. The summed E-state index contributed by atoms with van der Waals surface area (Å²) in [5, 5.41) is 0. The van der Waals surface area contributed by atoms with E-state index in [1.165, 1.54) is 5.56 Å². The maximum absolute atomic E-state index is 11.1. The summed E-state index contributed by atoms with van der Waals surface area (Å²) in [6, 6.07) is 8.13. The van der Waals surface area contributed by atoms with E-state index in [2.05, 4.69) is 19.1 Å². The van der Waals surface area contributed by atoms with Crippen molar-refractivity contribution in [2.45, 2.75) is 38.7 Å². The molecular weight excluding hydrogens is 188 g/mol. The van der Waals surface area contributed by atoms with Crippen LogP contribution >= 0.6 is 0 Å². The first-order valence-electron chi connectivity index (χ1n) is 5.55. The lowest BCUT2D eigenvalue weighted by molar-refractivity contribution is -0.117. The van der Waals surface area contributed by atoms with Crippen molar-refractivity contribution >= 4 is 5.78 Å². The molecule has 0 heterocycles. The van der Waals surface area contributed by atoms with Crippen molar-refractivity contribution in [1.82, 2.24) is 0 Å². The summed E-state index contributed by atoms with van der Waals surface area (Å²) in [6.45, 7) is 2.13. The highest BCUT2D eigenvalue weighted by atomic mass is 16.5. The van der Waals surface area contributed by atoms with Crippen molar-refractivity contribution in [3.05, 3.63) is 29.8 Å². The number of hydrogen-bond donors (Lipinski definition) is 0. The molecule has 0 aliphatic heterocycles. The molecule has 0 radical (unpaired) electrons. The van der Waals surface area contributed by atoms with E-state index in [0.29, 0.717) is 18.6 Å². The fourth-order valence-electron chi connectivity index (χ4n) is 1.88. The Kier molecular flexibility index (Phi) is 3.05. The van der Waals surface area contributed by atoms with E-state index in [0.717, 1.165) is 18.6 Å². The Hall–Kier alpha value is -1.31. The summed E-state index contributed by atoms with van der Waals surface area (Å²) in [5.41, 5.74) is 1.31. The molecule has 1 fully saturated rings. The van der Waals surface area contributed by atoms with Gasteiger partial charge in [0.05, 0.1) is 0 Å². The third-order valence-corrected chi connectivity index (χ3v) is 2.83. The molecular formula is C13H16O2. The van der Waals surface area contributed by atoms with Crippen LogP contribution in [0.1, 0.15) is 31.7 Å². The fourth-order valence-corrected chi connectivity index (χ4v) is 1.88. The lowest BCUT2D eigenvalue weighted by atomic mass is 10.2. The first-order chi connectivity index (χ1) is 7.28. The molecule has 1 saturated carbocycles. The minimum absolute atomic E-state index is 0.102. The van der Waals surface area contributed by atoms with Gasteiger partial charge in [-0.05, 0) is 30.5 Å². The topological polar surface area (TPSA) is 26.3 Å². The van der Waals surface area contributed by atoms with E-state index < -0.39 is 0 Å². The molecule has 2 heteroatoms. The second kappa shape index (κ2) is 4.47. The van der Waals surface area contributed by atoms with Crippen LogP contribution in [0.5, 0.6) is 5.75 Å².